The highest BCUT2D eigenvalue weighted by Gasteiger charge is 2.28. The van der Waals surface area contributed by atoms with Gasteiger partial charge in [0.1, 0.15) is 5.75 Å². The molecule has 176 valence electrons. The van der Waals surface area contributed by atoms with Gasteiger partial charge in [-0.1, -0.05) is 106 Å². The molecule has 32 heavy (non-hydrogen) atoms. The van der Waals surface area contributed by atoms with E-state index in [-0.39, 0.29) is 21.7 Å². The Kier molecular flexibility index (Phi) is 7.79. The van der Waals surface area contributed by atoms with Gasteiger partial charge in [-0.25, -0.2) is 0 Å². The fourth-order valence-corrected chi connectivity index (χ4v) is 7.04. The molecule has 2 radical (unpaired) electrons. The number of benzene rings is 2. The van der Waals surface area contributed by atoms with Crippen LogP contribution in [0.15, 0.2) is 35.2 Å². The van der Waals surface area contributed by atoms with Crippen molar-refractivity contribution in [1.29, 1.82) is 0 Å². The lowest BCUT2D eigenvalue weighted by Gasteiger charge is -2.32. The van der Waals surface area contributed by atoms with E-state index >= 15 is 0 Å². The largest absolute Gasteiger partial charge is 0.507 e. The number of rotatable bonds is 4. The first-order valence-electron chi connectivity index (χ1n) is 11.7. The second-order valence-corrected chi connectivity index (χ2v) is 15.9. The lowest BCUT2D eigenvalue weighted by atomic mass is 9.75. The molecule has 0 aliphatic rings. The summed E-state index contributed by atoms with van der Waals surface area (Å²) in [4.78, 5) is 1.26. The van der Waals surface area contributed by atoms with Crippen molar-refractivity contribution in [3.63, 3.8) is 0 Å². The number of aromatic hydroxyl groups is 1. The molecule has 0 saturated heterocycles. The van der Waals surface area contributed by atoms with E-state index in [4.69, 9.17) is 0 Å². The molecule has 0 saturated carbocycles. The molecule has 0 aliphatic heterocycles. The summed E-state index contributed by atoms with van der Waals surface area (Å²) in [6.45, 7) is 27.0. The van der Waals surface area contributed by atoms with Gasteiger partial charge in [-0.15, -0.1) is 11.8 Å². The van der Waals surface area contributed by atoms with Gasteiger partial charge in [0.05, 0.1) is 9.52 Å². The first-order chi connectivity index (χ1) is 14.3. The van der Waals surface area contributed by atoms with Crippen molar-refractivity contribution < 1.29 is 5.11 Å². The number of phenolic OH excluding ortho intramolecular Hbond substituents is 1. The van der Waals surface area contributed by atoms with Gasteiger partial charge < -0.3 is 5.11 Å². The lowest BCUT2D eigenvalue weighted by Crippen LogP contribution is -2.33. The molecule has 0 aliphatic carbocycles. The van der Waals surface area contributed by atoms with Crippen LogP contribution < -0.4 is 5.19 Å². The van der Waals surface area contributed by atoms with E-state index in [2.05, 4.69) is 113 Å². The summed E-state index contributed by atoms with van der Waals surface area (Å²) in [7, 11) is 0.742. The van der Waals surface area contributed by atoms with Gasteiger partial charge in [0.2, 0.25) is 0 Å². The summed E-state index contributed by atoms with van der Waals surface area (Å²) in [5.41, 5.74) is 5.14. The highest BCUT2D eigenvalue weighted by atomic mass is 32.2. The summed E-state index contributed by atoms with van der Waals surface area (Å²) in [6.07, 6.45) is 0. The van der Waals surface area contributed by atoms with E-state index in [0.29, 0.717) is 5.75 Å². The number of thioether (sulfide) groups is 1. The molecule has 0 aromatic heterocycles. The predicted molar refractivity (Wildman–Crippen MR) is 145 cm³/mol. The average molecular weight is 469 g/mol. The third-order valence-electron chi connectivity index (χ3n) is 5.82. The smallest absolute Gasteiger partial charge is 0.123 e. The van der Waals surface area contributed by atoms with Crippen molar-refractivity contribution >= 4 is 26.5 Å². The van der Waals surface area contributed by atoms with E-state index in [0.717, 1.165) is 26.0 Å². The normalized spacial score (nSPS) is 13.5. The Bertz CT molecular complexity index is 912. The van der Waals surface area contributed by atoms with E-state index in [9.17, 15) is 5.11 Å². The van der Waals surface area contributed by atoms with E-state index < -0.39 is 0 Å². The van der Waals surface area contributed by atoms with Crippen LogP contribution in [-0.4, -0.2) is 20.0 Å². The van der Waals surface area contributed by atoms with E-state index in [1.807, 2.05) is 11.8 Å². The molecule has 2 aromatic rings. The van der Waals surface area contributed by atoms with Gasteiger partial charge in [-0.2, -0.15) is 0 Å². The Hall–Kier alpha value is -1.19. The summed E-state index contributed by atoms with van der Waals surface area (Å²) in [5, 5.41) is 13.6. The molecular weight excluding hydrogens is 424 g/mol. The molecule has 3 heteroatoms. The number of phenols is 1. The van der Waals surface area contributed by atoms with Gasteiger partial charge in [0.25, 0.3) is 0 Å². The zero-order valence-corrected chi connectivity index (χ0v) is 24.3. The van der Waals surface area contributed by atoms with Gasteiger partial charge >= 0.3 is 0 Å². The quantitative estimate of drug-likeness (QED) is 0.367. The van der Waals surface area contributed by atoms with Crippen molar-refractivity contribution in [2.45, 2.75) is 110 Å². The van der Waals surface area contributed by atoms with Crippen molar-refractivity contribution in [3.8, 4) is 5.75 Å². The van der Waals surface area contributed by atoms with Gasteiger partial charge in [0, 0.05) is 16.0 Å². The van der Waals surface area contributed by atoms with E-state index in [1.54, 1.807) is 0 Å². The van der Waals surface area contributed by atoms with Crippen molar-refractivity contribution in [1.82, 2.24) is 0 Å². The Morgan fingerprint density at radius 2 is 1.16 bits per heavy atom. The van der Waals surface area contributed by atoms with Crippen LogP contribution in [0.2, 0.25) is 0 Å². The minimum Gasteiger partial charge on any atom is -0.507 e. The maximum absolute atomic E-state index is 11.0. The van der Waals surface area contributed by atoms with Crippen LogP contribution in [-0.2, 0) is 21.7 Å². The molecule has 2 rings (SSSR count). The minimum atomic E-state index is -0.0939. The molecule has 0 amide bonds. The topological polar surface area (TPSA) is 20.2 Å². The summed E-state index contributed by atoms with van der Waals surface area (Å²) < 4.78 is 0. The number of hydrogen-bond donors (Lipinski definition) is 1. The van der Waals surface area contributed by atoms with Crippen LogP contribution in [0, 0.1) is 0 Å². The zero-order chi connectivity index (χ0) is 24.7. The molecule has 0 fully saturated rings. The second-order valence-electron chi connectivity index (χ2n) is 13.1. The number of hydrogen-bond acceptors (Lipinski definition) is 2. The predicted octanol–water partition coefficient (Wildman–Crippen LogP) is 7.66. The minimum absolute atomic E-state index is 0.0939. The van der Waals surface area contributed by atoms with E-state index in [1.165, 1.54) is 21.2 Å². The highest BCUT2D eigenvalue weighted by Crippen LogP contribution is 2.41. The first kappa shape index (κ1) is 27.1. The summed E-state index contributed by atoms with van der Waals surface area (Å²) >= 11 is 1.92. The lowest BCUT2D eigenvalue weighted by molar-refractivity contribution is 0.422. The summed E-state index contributed by atoms with van der Waals surface area (Å²) in [5.74, 6) is 0.463. The maximum Gasteiger partial charge on any atom is 0.123 e. The van der Waals surface area contributed by atoms with Crippen molar-refractivity contribution in [2.24, 2.45) is 0 Å². The fourth-order valence-electron chi connectivity index (χ4n) is 4.16. The molecule has 0 atom stereocenters. The highest BCUT2D eigenvalue weighted by molar-refractivity contribution is 8.00. The average Bonchev–Trinajstić information content (AvgIpc) is 2.59. The molecule has 0 spiro atoms. The SMILES string of the molecule is CC(C)(C)c1cc(SC[Si]c2cccc(C(C)(C)C)c2C(C)(C)C)cc(C(C)(C)C)c1O. The molecule has 0 unspecified atom stereocenters. The van der Waals surface area contributed by atoms with Crippen LogP contribution in [0.3, 0.4) is 0 Å². The maximum atomic E-state index is 11.0. The van der Waals surface area contributed by atoms with Crippen LogP contribution in [0.4, 0.5) is 0 Å². The zero-order valence-electron chi connectivity index (χ0n) is 22.4. The standard InChI is InChI=1S/C29H44OSSi/c1-26(2,3)20-14-13-15-23(24(20)29(10,11)12)32-18-31-19-16-21(27(4,5)6)25(30)22(17-19)28(7,8)9/h13-17,30H,18H2,1-12H3. The molecular formula is C29H44OSSi. The first-order valence-corrected chi connectivity index (χ1v) is 13.9. The third-order valence-corrected chi connectivity index (χ3v) is 8.34. The third kappa shape index (κ3) is 6.44. The fraction of sp³-hybridized carbons (Fsp3) is 0.586. The van der Waals surface area contributed by atoms with Gasteiger partial charge in [0.15, 0.2) is 0 Å². The monoisotopic (exact) mass is 468 g/mol. The van der Waals surface area contributed by atoms with Crippen LogP contribution in [0.25, 0.3) is 0 Å². The second kappa shape index (κ2) is 9.22. The molecule has 2 aromatic carbocycles. The molecule has 1 N–H and O–H groups in total. The Labute approximate surface area is 204 Å². The Balaban J connectivity index is 2.39. The molecule has 1 nitrogen and oxygen atoms in total. The summed E-state index contributed by atoms with van der Waals surface area (Å²) in [6, 6.07) is 11.3. The van der Waals surface area contributed by atoms with Crippen molar-refractivity contribution in [3.05, 3.63) is 52.6 Å². The van der Waals surface area contributed by atoms with Gasteiger partial charge in [-0.05, 0) is 50.3 Å². The van der Waals surface area contributed by atoms with Crippen LogP contribution in [0.5, 0.6) is 5.75 Å². The van der Waals surface area contributed by atoms with Crippen LogP contribution in [0.1, 0.15) is 105 Å². The van der Waals surface area contributed by atoms with Crippen molar-refractivity contribution in [2.75, 3.05) is 5.38 Å². The molecule has 0 heterocycles. The Morgan fingerprint density at radius 3 is 1.56 bits per heavy atom. The van der Waals surface area contributed by atoms with Gasteiger partial charge in [-0.3, -0.25) is 0 Å². The Morgan fingerprint density at radius 1 is 0.688 bits per heavy atom. The van der Waals surface area contributed by atoms with Crippen LogP contribution >= 0.6 is 11.8 Å². The molecule has 0 bridgehead atoms.